The molecule has 0 bridgehead atoms. The zero-order valence-electron chi connectivity index (χ0n) is 13.8. The quantitative estimate of drug-likeness (QED) is 0.865. The molecule has 3 rings (SSSR count). The van der Waals surface area contributed by atoms with Crippen molar-refractivity contribution in [2.75, 3.05) is 38.1 Å². The van der Waals surface area contributed by atoms with E-state index in [0.717, 1.165) is 38.0 Å². The Balaban J connectivity index is 0.00000208. The van der Waals surface area contributed by atoms with Crippen molar-refractivity contribution in [2.45, 2.75) is 25.9 Å². The molecule has 0 saturated carbocycles. The molecular formula is C17H24ClN3O3. The maximum atomic E-state index is 12.8. The van der Waals surface area contributed by atoms with Gasteiger partial charge >= 0.3 is 0 Å². The highest BCUT2D eigenvalue weighted by atomic mass is 35.5. The standard InChI is InChI=1S/C17H23N3O3.ClH/c1-12-5-4-6-13(15(12)17(22)20-8-2-3-9-20)19-16(21)14-11-18-7-10-23-14;/h4-6,14,18H,2-3,7-11H2,1H3,(H,19,21);1H. The molecule has 0 radical (unpaired) electrons. The van der Waals surface area contributed by atoms with Crippen molar-refractivity contribution in [3.8, 4) is 0 Å². The predicted molar refractivity (Wildman–Crippen MR) is 94.8 cm³/mol. The van der Waals surface area contributed by atoms with Gasteiger partial charge in [-0.3, -0.25) is 9.59 Å². The number of hydrogen-bond donors (Lipinski definition) is 2. The maximum absolute atomic E-state index is 12.8. The first-order valence-electron chi connectivity index (χ1n) is 8.19. The van der Waals surface area contributed by atoms with Gasteiger partial charge in [-0.05, 0) is 31.4 Å². The molecule has 24 heavy (non-hydrogen) atoms. The van der Waals surface area contributed by atoms with E-state index in [2.05, 4.69) is 10.6 Å². The molecule has 1 aromatic rings. The van der Waals surface area contributed by atoms with Crippen LogP contribution >= 0.6 is 12.4 Å². The van der Waals surface area contributed by atoms with Gasteiger partial charge in [0.25, 0.3) is 11.8 Å². The van der Waals surface area contributed by atoms with Gasteiger partial charge in [-0.1, -0.05) is 12.1 Å². The van der Waals surface area contributed by atoms with Gasteiger partial charge in [0.2, 0.25) is 0 Å². The van der Waals surface area contributed by atoms with Crippen molar-refractivity contribution < 1.29 is 14.3 Å². The van der Waals surface area contributed by atoms with Crippen molar-refractivity contribution in [3.63, 3.8) is 0 Å². The largest absolute Gasteiger partial charge is 0.366 e. The van der Waals surface area contributed by atoms with Crippen molar-refractivity contribution >= 4 is 29.9 Å². The Bertz CT molecular complexity index is 597. The fourth-order valence-electron chi connectivity index (χ4n) is 3.08. The molecule has 132 valence electrons. The van der Waals surface area contributed by atoms with Crippen molar-refractivity contribution in [3.05, 3.63) is 29.3 Å². The zero-order chi connectivity index (χ0) is 16.2. The van der Waals surface area contributed by atoms with Gasteiger partial charge in [-0.15, -0.1) is 12.4 Å². The van der Waals surface area contributed by atoms with E-state index in [1.807, 2.05) is 24.0 Å². The monoisotopic (exact) mass is 353 g/mol. The Labute approximate surface area is 148 Å². The van der Waals surface area contributed by atoms with E-state index in [1.165, 1.54) is 0 Å². The molecule has 7 heteroatoms. The number of carbonyl (C=O) groups excluding carboxylic acids is 2. The molecular weight excluding hydrogens is 330 g/mol. The summed E-state index contributed by atoms with van der Waals surface area (Å²) in [4.78, 5) is 27.0. The van der Waals surface area contributed by atoms with E-state index in [-0.39, 0.29) is 24.2 Å². The number of aryl methyl sites for hydroxylation is 1. The topological polar surface area (TPSA) is 70.7 Å². The Kier molecular flexibility index (Phi) is 6.60. The maximum Gasteiger partial charge on any atom is 0.256 e. The molecule has 2 heterocycles. The average molecular weight is 354 g/mol. The lowest BCUT2D eigenvalue weighted by molar-refractivity contribution is -0.128. The number of ether oxygens (including phenoxy) is 1. The smallest absolute Gasteiger partial charge is 0.256 e. The first kappa shape index (κ1) is 18.7. The minimum atomic E-state index is -0.515. The first-order chi connectivity index (χ1) is 11.2. The van der Waals surface area contributed by atoms with Crippen molar-refractivity contribution in [2.24, 2.45) is 0 Å². The summed E-state index contributed by atoms with van der Waals surface area (Å²) in [5.41, 5.74) is 2.04. The molecule has 2 aliphatic heterocycles. The van der Waals surface area contributed by atoms with E-state index >= 15 is 0 Å². The summed E-state index contributed by atoms with van der Waals surface area (Å²) in [5, 5.41) is 6.01. The number of nitrogens with zero attached hydrogens (tertiary/aromatic N) is 1. The third-order valence-corrected chi connectivity index (χ3v) is 4.36. The van der Waals surface area contributed by atoms with Crippen LogP contribution in [0, 0.1) is 6.92 Å². The van der Waals surface area contributed by atoms with Crippen LogP contribution in [-0.4, -0.2) is 55.6 Å². The fourth-order valence-corrected chi connectivity index (χ4v) is 3.08. The van der Waals surface area contributed by atoms with Gasteiger partial charge < -0.3 is 20.3 Å². The summed E-state index contributed by atoms with van der Waals surface area (Å²) in [6.07, 6.45) is 1.57. The number of rotatable bonds is 3. The van der Waals surface area contributed by atoms with Crippen LogP contribution in [0.5, 0.6) is 0 Å². The molecule has 0 spiro atoms. The average Bonchev–Trinajstić information content (AvgIpc) is 3.10. The lowest BCUT2D eigenvalue weighted by Gasteiger charge is -2.24. The molecule has 2 aliphatic rings. The van der Waals surface area contributed by atoms with Gasteiger partial charge in [0.15, 0.2) is 0 Å². The second-order valence-electron chi connectivity index (χ2n) is 6.05. The van der Waals surface area contributed by atoms with Crippen LogP contribution in [0.3, 0.4) is 0 Å². The summed E-state index contributed by atoms with van der Waals surface area (Å²) < 4.78 is 5.47. The van der Waals surface area contributed by atoms with E-state index in [0.29, 0.717) is 24.4 Å². The van der Waals surface area contributed by atoms with Crippen LogP contribution in [0.2, 0.25) is 0 Å². The minimum Gasteiger partial charge on any atom is -0.366 e. The highest BCUT2D eigenvalue weighted by Crippen LogP contribution is 2.24. The number of morpholine rings is 1. The molecule has 1 atom stereocenters. The van der Waals surface area contributed by atoms with Crippen LogP contribution in [-0.2, 0) is 9.53 Å². The van der Waals surface area contributed by atoms with Crippen molar-refractivity contribution in [1.82, 2.24) is 10.2 Å². The summed E-state index contributed by atoms with van der Waals surface area (Å²) in [7, 11) is 0. The molecule has 2 N–H and O–H groups in total. The molecule has 1 aromatic carbocycles. The van der Waals surface area contributed by atoms with Gasteiger partial charge in [-0.25, -0.2) is 0 Å². The van der Waals surface area contributed by atoms with Crippen molar-refractivity contribution in [1.29, 1.82) is 0 Å². The number of carbonyl (C=O) groups is 2. The number of hydrogen-bond acceptors (Lipinski definition) is 4. The second-order valence-corrected chi connectivity index (χ2v) is 6.05. The van der Waals surface area contributed by atoms with Crippen LogP contribution < -0.4 is 10.6 Å². The fraction of sp³-hybridized carbons (Fsp3) is 0.529. The second kappa shape index (κ2) is 8.46. The predicted octanol–water partition coefficient (Wildman–Crippen LogP) is 1.58. The SMILES string of the molecule is Cc1cccc(NC(=O)C2CNCCO2)c1C(=O)N1CCCC1.Cl. The van der Waals surface area contributed by atoms with E-state index < -0.39 is 6.10 Å². The van der Waals surface area contributed by atoms with Gasteiger partial charge in [0, 0.05) is 26.2 Å². The molecule has 0 aliphatic carbocycles. The highest BCUT2D eigenvalue weighted by Gasteiger charge is 2.26. The third kappa shape index (κ3) is 4.06. The molecule has 0 aromatic heterocycles. The summed E-state index contributed by atoms with van der Waals surface area (Å²) >= 11 is 0. The Morgan fingerprint density at radius 1 is 1.29 bits per heavy atom. The zero-order valence-corrected chi connectivity index (χ0v) is 14.7. The third-order valence-electron chi connectivity index (χ3n) is 4.36. The molecule has 2 fully saturated rings. The minimum absolute atomic E-state index is 0. The van der Waals surface area contributed by atoms with Crippen LogP contribution in [0.1, 0.15) is 28.8 Å². The molecule has 1 unspecified atom stereocenters. The van der Waals surface area contributed by atoms with Gasteiger partial charge in [0.1, 0.15) is 6.10 Å². The van der Waals surface area contributed by atoms with E-state index in [9.17, 15) is 9.59 Å². The number of anilines is 1. The number of amides is 2. The Hall–Kier alpha value is -1.63. The summed E-state index contributed by atoms with van der Waals surface area (Å²) in [6.45, 7) is 5.25. The van der Waals surface area contributed by atoms with E-state index in [1.54, 1.807) is 6.07 Å². The van der Waals surface area contributed by atoms with Crippen LogP contribution in [0.4, 0.5) is 5.69 Å². The lowest BCUT2D eigenvalue weighted by Crippen LogP contribution is -2.45. The normalized spacial score (nSPS) is 20.4. The van der Waals surface area contributed by atoms with Gasteiger partial charge in [0.05, 0.1) is 17.9 Å². The Morgan fingerprint density at radius 2 is 2.04 bits per heavy atom. The number of likely N-dealkylation sites (tertiary alicyclic amines) is 1. The number of benzene rings is 1. The lowest BCUT2D eigenvalue weighted by atomic mass is 10.0. The summed E-state index contributed by atoms with van der Waals surface area (Å²) in [5.74, 6) is -0.211. The molecule has 2 amide bonds. The molecule has 6 nitrogen and oxygen atoms in total. The Morgan fingerprint density at radius 3 is 2.71 bits per heavy atom. The molecule has 2 saturated heterocycles. The van der Waals surface area contributed by atoms with Gasteiger partial charge in [-0.2, -0.15) is 0 Å². The first-order valence-corrected chi connectivity index (χ1v) is 8.19. The van der Waals surface area contributed by atoms with E-state index in [4.69, 9.17) is 4.74 Å². The summed E-state index contributed by atoms with van der Waals surface area (Å²) in [6, 6.07) is 5.54. The highest BCUT2D eigenvalue weighted by molar-refractivity contribution is 6.05. The van der Waals surface area contributed by atoms with Crippen LogP contribution in [0.15, 0.2) is 18.2 Å². The van der Waals surface area contributed by atoms with Crippen LogP contribution in [0.25, 0.3) is 0 Å². The number of nitrogens with one attached hydrogen (secondary N) is 2. The number of halogens is 1.